The van der Waals surface area contributed by atoms with Gasteiger partial charge in [0.15, 0.2) is 0 Å². The molecule has 0 spiro atoms. The molecule has 0 aromatic carbocycles. The van der Waals surface area contributed by atoms with Gasteiger partial charge in [-0.25, -0.2) is 4.98 Å². The Morgan fingerprint density at radius 2 is 2.29 bits per heavy atom. The Labute approximate surface area is 142 Å². The third-order valence-electron chi connectivity index (χ3n) is 4.56. The highest BCUT2D eigenvalue weighted by atomic mass is 16.5. The second-order valence-corrected chi connectivity index (χ2v) is 6.73. The van der Waals surface area contributed by atoms with Crippen LogP contribution in [0.4, 0.5) is 0 Å². The Bertz CT molecular complexity index is 740. The van der Waals surface area contributed by atoms with Gasteiger partial charge in [-0.3, -0.25) is 14.1 Å². The zero-order valence-electron chi connectivity index (χ0n) is 14.7. The highest BCUT2D eigenvalue weighted by Crippen LogP contribution is 2.25. The number of amides is 1. The normalized spacial score (nSPS) is 19.4. The van der Waals surface area contributed by atoms with Gasteiger partial charge in [-0.1, -0.05) is 0 Å². The lowest BCUT2D eigenvalue weighted by molar-refractivity contribution is -0.128. The van der Waals surface area contributed by atoms with Crippen LogP contribution in [0.3, 0.4) is 0 Å². The molecule has 0 unspecified atom stereocenters. The second-order valence-electron chi connectivity index (χ2n) is 6.73. The molecule has 0 saturated carbocycles. The number of hydrogen-bond acceptors (Lipinski definition) is 5. The summed E-state index contributed by atoms with van der Waals surface area (Å²) >= 11 is 0. The number of likely N-dealkylation sites (N-methyl/N-ethyl adjacent to an activating group) is 1. The summed E-state index contributed by atoms with van der Waals surface area (Å²) in [4.78, 5) is 19.3. The number of carbonyl (C=O) groups excluding carboxylic acids is 1. The van der Waals surface area contributed by atoms with Gasteiger partial charge in [0.1, 0.15) is 23.1 Å². The van der Waals surface area contributed by atoms with Crippen LogP contribution in [0.5, 0.6) is 5.75 Å². The molecular weight excluding hydrogens is 306 g/mol. The van der Waals surface area contributed by atoms with Crippen molar-refractivity contribution in [2.45, 2.75) is 25.4 Å². The van der Waals surface area contributed by atoms with Gasteiger partial charge in [0.05, 0.1) is 18.8 Å². The third-order valence-corrected chi connectivity index (χ3v) is 4.56. The maximum absolute atomic E-state index is 12.7. The number of methoxy groups -OCH3 is 1. The molecule has 0 radical (unpaired) electrons. The molecule has 3 heterocycles. The van der Waals surface area contributed by atoms with E-state index in [1.165, 1.54) is 0 Å². The molecule has 2 N–H and O–H groups in total. The van der Waals surface area contributed by atoms with Crippen molar-refractivity contribution < 1.29 is 9.53 Å². The van der Waals surface area contributed by atoms with Crippen molar-refractivity contribution in [2.24, 2.45) is 0 Å². The number of pyridine rings is 1. The van der Waals surface area contributed by atoms with E-state index in [9.17, 15) is 4.79 Å². The fourth-order valence-electron chi connectivity index (χ4n) is 3.18. The number of rotatable bonds is 4. The van der Waals surface area contributed by atoms with Crippen LogP contribution in [0.1, 0.15) is 19.7 Å². The number of nitrogens with one attached hydrogen (secondary N) is 2. The first kappa shape index (κ1) is 16.7. The van der Waals surface area contributed by atoms with Crippen LogP contribution in [0.25, 0.3) is 5.52 Å². The summed E-state index contributed by atoms with van der Waals surface area (Å²) in [6.07, 6.45) is 3.71. The molecule has 1 aliphatic heterocycles. The molecule has 1 atom stereocenters. The van der Waals surface area contributed by atoms with Gasteiger partial charge in [0.2, 0.25) is 5.91 Å². The van der Waals surface area contributed by atoms with Gasteiger partial charge in [-0.05, 0) is 33.0 Å². The fraction of sp³-hybridized carbons (Fsp3) is 0.529. The van der Waals surface area contributed by atoms with E-state index in [0.29, 0.717) is 6.54 Å². The smallest absolute Gasteiger partial charge is 0.239 e. The minimum Gasteiger partial charge on any atom is -0.494 e. The van der Waals surface area contributed by atoms with Crippen LogP contribution in [0.15, 0.2) is 24.5 Å². The molecule has 1 amide bonds. The van der Waals surface area contributed by atoms with Crippen LogP contribution in [-0.4, -0.2) is 60.0 Å². The lowest BCUT2D eigenvalue weighted by Crippen LogP contribution is -2.58. The molecule has 2 aromatic heterocycles. The molecule has 1 fully saturated rings. The monoisotopic (exact) mass is 331 g/mol. The molecule has 2 aromatic rings. The first-order valence-corrected chi connectivity index (χ1v) is 8.17. The average molecular weight is 331 g/mol. The molecule has 1 aliphatic rings. The van der Waals surface area contributed by atoms with Crippen molar-refractivity contribution in [1.29, 1.82) is 0 Å². The van der Waals surface area contributed by atoms with Crippen molar-refractivity contribution in [2.75, 3.05) is 33.8 Å². The van der Waals surface area contributed by atoms with Crippen LogP contribution in [0.2, 0.25) is 0 Å². The molecule has 7 heteroatoms. The SMILES string of the molecule is COc1cccn2c(C(C)(C)NC(=O)[C@@H]3CNCCN3C)ncc12. The average Bonchev–Trinajstić information content (AvgIpc) is 2.99. The Morgan fingerprint density at radius 1 is 1.50 bits per heavy atom. The second kappa shape index (κ2) is 6.41. The summed E-state index contributed by atoms with van der Waals surface area (Å²) in [5.41, 5.74) is 0.280. The van der Waals surface area contributed by atoms with Gasteiger partial charge in [0.25, 0.3) is 0 Å². The van der Waals surface area contributed by atoms with E-state index < -0.39 is 5.54 Å². The highest BCUT2D eigenvalue weighted by molar-refractivity contribution is 5.83. The van der Waals surface area contributed by atoms with Gasteiger partial charge in [-0.15, -0.1) is 0 Å². The summed E-state index contributed by atoms with van der Waals surface area (Å²) in [6, 6.07) is 3.64. The van der Waals surface area contributed by atoms with Crippen molar-refractivity contribution in [3.05, 3.63) is 30.4 Å². The summed E-state index contributed by atoms with van der Waals surface area (Å²) in [6.45, 7) is 6.37. The first-order valence-electron chi connectivity index (χ1n) is 8.17. The number of fused-ring (bicyclic) bond motifs is 1. The van der Waals surface area contributed by atoms with E-state index in [1.54, 1.807) is 13.3 Å². The van der Waals surface area contributed by atoms with Crippen LogP contribution < -0.4 is 15.4 Å². The van der Waals surface area contributed by atoms with Crippen molar-refractivity contribution in [1.82, 2.24) is 24.9 Å². The zero-order chi connectivity index (χ0) is 17.3. The standard InChI is InChI=1S/C17H25N5O2/c1-17(2,20-15(23)13-10-18-7-9-21(13)3)16-19-11-12-14(24-4)6-5-8-22(12)16/h5-6,8,11,13,18H,7,9-10H2,1-4H3,(H,20,23)/t13-/m0/s1. The van der Waals surface area contributed by atoms with Crippen LogP contribution in [0, 0.1) is 0 Å². The van der Waals surface area contributed by atoms with E-state index in [0.717, 1.165) is 30.2 Å². The topological polar surface area (TPSA) is 70.9 Å². The predicted octanol–water partition coefficient (Wildman–Crippen LogP) is 0.598. The number of piperazine rings is 1. The number of hydrogen-bond donors (Lipinski definition) is 2. The van der Waals surface area contributed by atoms with Crippen LogP contribution >= 0.6 is 0 Å². The third kappa shape index (κ3) is 2.97. The molecule has 24 heavy (non-hydrogen) atoms. The Hall–Kier alpha value is -2.12. The van der Waals surface area contributed by atoms with Gasteiger partial charge in [-0.2, -0.15) is 0 Å². The summed E-state index contributed by atoms with van der Waals surface area (Å²) < 4.78 is 7.34. The van der Waals surface area contributed by atoms with E-state index in [-0.39, 0.29) is 11.9 Å². The van der Waals surface area contributed by atoms with Crippen LogP contribution in [-0.2, 0) is 10.3 Å². The fourth-order valence-corrected chi connectivity index (χ4v) is 3.18. The first-order chi connectivity index (χ1) is 11.4. The van der Waals surface area contributed by atoms with Gasteiger partial charge >= 0.3 is 0 Å². The maximum Gasteiger partial charge on any atom is 0.239 e. The Morgan fingerprint density at radius 3 is 3.00 bits per heavy atom. The summed E-state index contributed by atoms with van der Waals surface area (Å²) in [5.74, 6) is 1.54. The summed E-state index contributed by atoms with van der Waals surface area (Å²) in [7, 11) is 3.62. The summed E-state index contributed by atoms with van der Waals surface area (Å²) in [5, 5.41) is 6.42. The molecule has 7 nitrogen and oxygen atoms in total. The molecular formula is C17H25N5O2. The van der Waals surface area contributed by atoms with Crippen molar-refractivity contribution in [3.8, 4) is 5.75 Å². The molecule has 0 aliphatic carbocycles. The largest absolute Gasteiger partial charge is 0.494 e. The molecule has 130 valence electrons. The lowest BCUT2D eigenvalue weighted by atomic mass is 10.0. The number of aromatic nitrogens is 2. The molecule has 1 saturated heterocycles. The van der Waals surface area contributed by atoms with E-state index in [4.69, 9.17) is 4.74 Å². The van der Waals surface area contributed by atoms with Crippen molar-refractivity contribution in [3.63, 3.8) is 0 Å². The molecule has 0 bridgehead atoms. The maximum atomic E-state index is 12.7. The Balaban J connectivity index is 1.86. The number of imidazole rings is 1. The number of nitrogens with zero attached hydrogens (tertiary/aromatic N) is 3. The molecule has 3 rings (SSSR count). The predicted molar refractivity (Wildman–Crippen MR) is 92.2 cm³/mol. The lowest BCUT2D eigenvalue weighted by Gasteiger charge is -2.35. The number of carbonyl (C=O) groups is 1. The van der Waals surface area contributed by atoms with Gasteiger partial charge < -0.3 is 15.4 Å². The van der Waals surface area contributed by atoms with E-state index in [2.05, 4.69) is 20.5 Å². The van der Waals surface area contributed by atoms with Crippen molar-refractivity contribution >= 4 is 11.4 Å². The van der Waals surface area contributed by atoms with E-state index >= 15 is 0 Å². The van der Waals surface area contributed by atoms with Gasteiger partial charge in [0, 0.05) is 25.8 Å². The van der Waals surface area contributed by atoms with E-state index in [1.807, 2.05) is 43.6 Å². The number of ether oxygens (including phenoxy) is 1. The quantitative estimate of drug-likeness (QED) is 0.858. The highest BCUT2D eigenvalue weighted by Gasteiger charge is 2.33. The minimum atomic E-state index is -0.603. The zero-order valence-corrected chi connectivity index (χ0v) is 14.7. The Kier molecular flexibility index (Phi) is 4.47. The minimum absolute atomic E-state index is 0.00865.